The number of benzene rings is 1. The van der Waals surface area contributed by atoms with Gasteiger partial charge in [0.25, 0.3) is 0 Å². The van der Waals surface area contributed by atoms with Gasteiger partial charge in [-0.05, 0) is 12.5 Å². The van der Waals surface area contributed by atoms with Crippen molar-refractivity contribution < 1.29 is 23.8 Å². The zero-order valence-corrected chi connectivity index (χ0v) is 15.8. The average molecular weight is 395 g/mol. The average Bonchev–Trinajstić information content (AvgIpc) is 2.74. The fraction of sp³-hybridized carbons (Fsp3) is 0.381. The van der Waals surface area contributed by atoms with Crippen molar-refractivity contribution >= 4 is 11.9 Å². The number of nitrogens with zero attached hydrogens (tertiary/aromatic N) is 2. The van der Waals surface area contributed by atoms with Gasteiger partial charge in [-0.15, -0.1) is 0 Å². The third kappa shape index (κ3) is 3.57. The molecule has 1 amide bonds. The molecule has 1 aromatic rings. The van der Waals surface area contributed by atoms with Gasteiger partial charge in [-0.2, -0.15) is 5.26 Å². The molecule has 0 aromatic heterocycles. The molecule has 0 bridgehead atoms. The predicted molar refractivity (Wildman–Crippen MR) is 101 cm³/mol. The van der Waals surface area contributed by atoms with Crippen molar-refractivity contribution in [1.82, 2.24) is 4.90 Å². The van der Waals surface area contributed by atoms with E-state index >= 15 is 0 Å². The van der Waals surface area contributed by atoms with Crippen LogP contribution >= 0.6 is 0 Å². The lowest BCUT2D eigenvalue weighted by molar-refractivity contribution is -0.116. The zero-order valence-electron chi connectivity index (χ0n) is 15.8. The molecule has 2 aliphatic heterocycles. The number of ketones is 1. The minimum Gasteiger partial charge on any atom is -0.444 e. The Bertz CT molecular complexity index is 953. The third-order valence-electron chi connectivity index (χ3n) is 5.30. The standard InChI is InChI=1S/C21H21N3O5/c22-12-14-18(19-15(25)5-3-7-17(19)28-20(14)23)13-4-1-2-6-16(13)29-21(26)24-8-10-27-11-9-24/h1-2,4,6,18H,3,5,7-11,23H2/t18-/m0/s1. The molecule has 0 unspecified atom stereocenters. The Balaban J connectivity index is 1.73. The van der Waals surface area contributed by atoms with E-state index < -0.39 is 12.0 Å². The van der Waals surface area contributed by atoms with Crippen molar-refractivity contribution in [3.05, 3.63) is 52.6 Å². The number of morpholine rings is 1. The molecular formula is C21H21N3O5. The van der Waals surface area contributed by atoms with Gasteiger partial charge in [0.05, 0.1) is 19.1 Å². The maximum Gasteiger partial charge on any atom is 0.415 e. The number of nitrogens with two attached hydrogens (primary N) is 1. The summed E-state index contributed by atoms with van der Waals surface area (Å²) in [7, 11) is 0. The maximum atomic E-state index is 12.7. The van der Waals surface area contributed by atoms with Gasteiger partial charge in [0.15, 0.2) is 5.78 Å². The van der Waals surface area contributed by atoms with Gasteiger partial charge in [-0.25, -0.2) is 4.79 Å². The molecule has 8 nitrogen and oxygen atoms in total. The van der Waals surface area contributed by atoms with Crippen LogP contribution in [0.4, 0.5) is 4.79 Å². The van der Waals surface area contributed by atoms with E-state index in [9.17, 15) is 14.9 Å². The summed E-state index contributed by atoms with van der Waals surface area (Å²) in [5.41, 5.74) is 7.11. The number of Topliss-reactive ketones (excluding diaryl/α,β-unsaturated/α-hetero) is 1. The molecule has 0 radical (unpaired) electrons. The molecule has 29 heavy (non-hydrogen) atoms. The zero-order chi connectivity index (χ0) is 20.4. The highest BCUT2D eigenvalue weighted by molar-refractivity contribution is 5.99. The fourth-order valence-corrected chi connectivity index (χ4v) is 3.88. The summed E-state index contributed by atoms with van der Waals surface area (Å²) in [6.45, 7) is 1.81. The second-order valence-corrected chi connectivity index (χ2v) is 7.04. The Labute approximate surface area is 168 Å². The van der Waals surface area contributed by atoms with Crippen molar-refractivity contribution in [2.75, 3.05) is 26.3 Å². The Morgan fingerprint density at radius 1 is 1.24 bits per heavy atom. The molecule has 1 aliphatic carbocycles. The number of carbonyl (C=O) groups excluding carboxylic acids is 2. The third-order valence-corrected chi connectivity index (χ3v) is 5.30. The van der Waals surface area contributed by atoms with Gasteiger partial charge < -0.3 is 24.8 Å². The molecule has 1 aromatic carbocycles. The van der Waals surface area contributed by atoms with Crippen molar-refractivity contribution in [3.8, 4) is 11.8 Å². The van der Waals surface area contributed by atoms with Crippen molar-refractivity contribution in [3.63, 3.8) is 0 Å². The van der Waals surface area contributed by atoms with Crippen LogP contribution in [-0.2, 0) is 14.3 Å². The molecule has 0 spiro atoms. The highest BCUT2D eigenvalue weighted by atomic mass is 16.6. The summed E-state index contributed by atoms with van der Waals surface area (Å²) < 4.78 is 16.5. The number of hydrogen-bond donors (Lipinski definition) is 1. The molecule has 1 atom stereocenters. The van der Waals surface area contributed by atoms with Crippen LogP contribution in [0.5, 0.6) is 5.75 Å². The number of para-hydroxylation sites is 1. The number of rotatable bonds is 2. The largest absolute Gasteiger partial charge is 0.444 e. The highest BCUT2D eigenvalue weighted by Gasteiger charge is 2.39. The Kier molecular flexibility index (Phi) is 5.23. The normalized spacial score (nSPS) is 22.0. The smallest absolute Gasteiger partial charge is 0.415 e. The van der Waals surface area contributed by atoms with E-state index in [-0.39, 0.29) is 17.2 Å². The summed E-state index contributed by atoms with van der Waals surface area (Å²) in [6, 6.07) is 8.99. The van der Waals surface area contributed by atoms with E-state index in [1.54, 1.807) is 29.2 Å². The number of carbonyl (C=O) groups is 2. The molecular weight excluding hydrogens is 374 g/mol. The van der Waals surface area contributed by atoms with E-state index in [4.69, 9.17) is 19.9 Å². The van der Waals surface area contributed by atoms with Crippen LogP contribution in [0, 0.1) is 11.3 Å². The number of nitriles is 1. The number of allylic oxidation sites excluding steroid dienone is 3. The molecule has 0 saturated carbocycles. The molecule has 8 heteroatoms. The van der Waals surface area contributed by atoms with Gasteiger partial charge >= 0.3 is 6.09 Å². The van der Waals surface area contributed by atoms with E-state index in [2.05, 4.69) is 6.07 Å². The van der Waals surface area contributed by atoms with E-state index in [0.29, 0.717) is 68.2 Å². The minimum atomic E-state index is -0.717. The summed E-state index contributed by atoms with van der Waals surface area (Å²) in [4.78, 5) is 26.9. The van der Waals surface area contributed by atoms with Crippen LogP contribution in [0.15, 0.2) is 47.1 Å². The van der Waals surface area contributed by atoms with Gasteiger partial charge in [0, 0.05) is 37.1 Å². The quantitative estimate of drug-likeness (QED) is 0.817. The summed E-state index contributed by atoms with van der Waals surface area (Å²) >= 11 is 0. The highest BCUT2D eigenvalue weighted by Crippen LogP contribution is 2.45. The molecule has 150 valence electrons. The maximum absolute atomic E-state index is 12.7. The Morgan fingerprint density at radius 3 is 2.76 bits per heavy atom. The van der Waals surface area contributed by atoms with Crippen molar-refractivity contribution in [2.24, 2.45) is 5.73 Å². The molecule has 2 heterocycles. The van der Waals surface area contributed by atoms with Crippen LogP contribution in [0.25, 0.3) is 0 Å². The first-order valence-corrected chi connectivity index (χ1v) is 9.57. The molecule has 1 saturated heterocycles. The van der Waals surface area contributed by atoms with Crippen molar-refractivity contribution in [2.45, 2.75) is 25.2 Å². The number of hydrogen-bond acceptors (Lipinski definition) is 7. The van der Waals surface area contributed by atoms with Crippen molar-refractivity contribution in [1.29, 1.82) is 5.26 Å². The van der Waals surface area contributed by atoms with E-state index in [1.165, 1.54) is 0 Å². The minimum absolute atomic E-state index is 0.0136. The topological polar surface area (TPSA) is 115 Å². The Morgan fingerprint density at radius 2 is 2.00 bits per heavy atom. The first-order chi connectivity index (χ1) is 14.1. The monoisotopic (exact) mass is 395 g/mol. The lowest BCUT2D eigenvalue weighted by Gasteiger charge is -2.32. The molecule has 3 aliphatic rings. The van der Waals surface area contributed by atoms with Crippen LogP contribution in [0.2, 0.25) is 0 Å². The van der Waals surface area contributed by atoms with Crippen LogP contribution < -0.4 is 10.5 Å². The van der Waals surface area contributed by atoms with Crippen LogP contribution in [0.1, 0.15) is 30.7 Å². The van der Waals surface area contributed by atoms with Crippen LogP contribution in [-0.4, -0.2) is 43.1 Å². The number of ether oxygens (including phenoxy) is 3. The first-order valence-electron chi connectivity index (χ1n) is 9.57. The lowest BCUT2D eigenvalue weighted by atomic mass is 9.77. The molecule has 1 fully saturated rings. The second-order valence-electron chi connectivity index (χ2n) is 7.04. The summed E-state index contributed by atoms with van der Waals surface area (Å²) in [5, 5.41) is 9.71. The van der Waals surface area contributed by atoms with Gasteiger partial charge in [0.2, 0.25) is 5.88 Å². The second kappa shape index (κ2) is 7.97. The summed E-state index contributed by atoms with van der Waals surface area (Å²) in [5.74, 6) is -0.0185. The van der Waals surface area contributed by atoms with Gasteiger partial charge in [0.1, 0.15) is 23.2 Å². The van der Waals surface area contributed by atoms with Gasteiger partial charge in [-0.3, -0.25) is 4.79 Å². The van der Waals surface area contributed by atoms with Crippen LogP contribution in [0.3, 0.4) is 0 Å². The van der Waals surface area contributed by atoms with Gasteiger partial charge in [-0.1, -0.05) is 18.2 Å². The SMILES string of the molecule is N#CC1=C(N)OC2=C(C(=O)CCC2)[C@H]1c1ccccc1OC(=O)N1CCOCC1. The molecule has 2 N–H and O–H groups in total. The predicted octanol–water partition coefficient (Wildman–Crippen LogP) is 2.33. The first kappa shape index (κ1) is 19.0. The molecule has 4 rings (SSSR count). The number of amides is 1. The Hall–Kier alpha value is -3.31. The van der Waals surface area contributed by atoms with E-state index in [1.807, 2.05) is 0 Å². The fourth-order valence-electron chi connectivity index (χ4n) is 3.88. The lowest BCUT2D eigenvalue weighted by Crippen LogP contribution is -2.42. The van der Waals surface area contributed by atoms with E-state index in [0.717, 1.165) is 0 Å². The summed E-state index contributed by atoms with van der Waals surface area (Å²) in [6.07, 6.45) is 1.14.